The van der Waals surface area contributed by atoms with Crippen molar-refractivity contribution in [3.63, 3.8) is 0 Å². The summed E-state index contributed by atoms with van der Waals surface area (Å²) in [5, 5.41) is 2.82. The van der Waals surface area contributed by atoms with Crippen molar-refractivity contribution in [2.24, 2.45) is 16.8 Å². The Balaban J connectivity index is 1.65. The monoisotopic (exact) mass is 349 g/mol. The first-order valence-electron chi connectivity index (χ1n) is 8.43. The Bertz CT molecular complexity index is 741. The normalized spacial score (nSPS) is 23.8. The molecule has 1 aromatic carbocycles. The van der Waals surface area contributed by atoms with E-state index in [1.807, 2.05) is 6.92 Å². The van der Waals surface area contributed by atoms with E-state index in [-0.39, 0.29) is 16.7 Å². The summed E-state index contributed by atoms with van der Waals surface area (Å²) in [6, 6.07) is 6.25. The molecule has 1 amide bonds. The molecule has 0 saturated heterocycles. The molecule has 0 aromatic heterocycles. The van der Waals surface area contributed by atoms with Crippen molar-refractivity contribution in [1.82, 2.24) is 4.72 Å². The molecule has 0 radical (unpaired) electrons. The zero-order valence-corrected chi connectivity index (χ0v) is 14.6. The van der Waals surface area contributed by atoms with Gasteiger partial charge in [0.05, 0.1) is 4.90 Å². The van der Waals surface area contributed by atoms with Gasteiger partial charge in [0.25, 0.3) is 10.0 Å². The first-order chi connectivity index (χ1) is 11.5. The van der Waals surface area contributed by atoms with E-state index in [9.17, 15) is 13.2 Å². The number of nitrogens with one attached hydrogen (secondary N) is 2. The van der Waals surface area contributed by atoms with Gasteiger partial charge in [0.2, 0.25) is 5.91 Å². The number of carbonyl (C=O) groups is 1. The maximum atomic E-state index is 12.4. The lowest BCUT2D eigenvalue weighted by Crippen LogP contribution is -2.30. The second-order valence-corrected chi connectivity index (χ2v) is 8.26. The van der Waals surface area contributed by atoms with E-state index in [2.05, 4.69) is 15.0 Å². The number of carbonyl (C=O) groups excluding carboxylic acids is 1. The SMILES string of the molecule is C[C@@H]1C[C@H]1C(=O)Nc1ccc(S(=O)(=O)NC2=NCCCCC2)cc1. The van der Waals surface area contributed by atoms with Crippen LogP contribution in [-0.2, 0) is 14.8 Å². The Labute approximate surface area is 142 Å². The van der Waals surface area contributed by atoms with Crippen LogP contribution >= 0.6 is 0 Å². The molecule has 1 heterocycles. The minimum Gasteiger partial charge on any atom is -0.326 e. The van der Waals surface area contributed by atoms with Crippen LogP contribution in [0.4, 0.5) is 5.69 Å². The molecule has 1 aliphatic carbocycles. The first-order valence-corrected chi connectivity index (χ1v) is 9.91. The molecule has 3 rings (SSSR count). The number of hydrogen-bond donors (Lipinski definition) is 2. The Morgan fingerprint density at radius 1 is 1.17 bits per heavy atom. The van der Waals surface area contributed by atoms with Crippen LogP contribution < -0.4 is 10.0 Å². The van der Waals surface area contributed by atoms with Gasteiger partial charge in [-0.1, -0.05) is 13.3 Å². The molecule has 1 fully saturated rings. The van der Waals surface area contributed by atoms with Crippen molar-refractivity contribution in [2.75, 3.05) is 11.9 Å². The summed E-state index contributed by atoms with van der Waals surface area (Å²) >= 11 is 0. The van der Waals surface area contributed by atoms with Crippen molar-refractivity contribution in [2.45, 2.75) is 43.9 Å². The second-order valence-electron chi connectivity index (χ2n) is 6.58. The molecule has 0 spiro atoms. The summed E-state index contributed by atoms with van der Waals surface area (Å²) in [5.41, 5.74) is 0.616. The average Bonchev–Trinajstić information content (AvgIpc) is 3.31. The summed E-state index contributed by atoms with van der Waals surface area (Å²) in [6.07, 6.45) is 4.60. The van der Waals surface area contributed by atoms with Gasteiger partial charge < -0.3 is 5.32 Å². The number of sulfonamides is 1. The summed E-state index contributed by atoms with van der Waals surface area (Å²) in [5.74, 6) is 1.06. The molecule has 1 saturated carbocycles. The molecule has 7 heteroatoms. The van der Waals surface area contributed by atoms with Gasteiger partial charge in [0.1, 0.15) is 5.84 Å². The van der Waals surface area contributed by atoms with E-state index in [0.717, 1.165) is 25.7 Å². The third-order valence-electron chi connectivity index (χ3n) is 4.50. The molecule has 1 aromatic rings. The number of rotatable bonds is 4. The smallest absolute Gasteiger partial charge is 0.262 e. The number of amidine groups is 1. The van der Waals surface area contributed by atoms with Crippen LogP contribution in [0.5, 0.6) is 0 Å². The van der Waals surface area contributed by atoms with Crippen molar-refractivity contribution in [3.05, 3.63) is 24.3 Å². The van der Waals surface area contributed by atoms with Crippen LogP contribution in [-0.4, -0.2) is 26.7 Å². The first kappa shape index (κ1) is 17.0. The number of nitrogens with zero attached hydrogens (tertiary/aromatic N) is 1. The van der Waals surface area contributed by atoms with Gasteiger partial charge in [-0.2, -0.15) is 0 Å². The molecule has 130 valence electrons. The standard InChI is InChI=1S/C17H23N3O3S/c1-12-11-15(12)17(21)19-13-6-8-14(9-7-13)24(22,23)20-16-5-3-2-4-10-18-16/h6-9,12,15H,2-5,10-11H2,1H3,(H,18,20)(H,19,21)/t12-,15-/m1/s1. The fraction of sp³-hybridized carbons (Fsp3) is 0.529. The van der Waals surface area contributed by atoms with Gasteiger partial charge >= 0.3 is 0 Å². The molecular weight excluding hydrogens is 326 g/mol. The number of amides is 1. The molecule has 2 aliphatic rings. The molecule has 1 aliphatic heterocycles. The molecule has 24 heavy (non-hydrogen) atoms. The maximum absolute atomic E-state index is 12.4. The number of aliphatic imine (C=N–C) groups is 1. The number of benzene rings is 1. The largest absolute Gasteiger partial charge is 0.326 e. The lowest BCUT2D eigenvalue weighted by atomic mass is 10.2. The highest BCUT2D eigenvalue weighted by Crippen LogP contribution is 2.38. The third kappa shape index (κ3) is 4.14. The van der Waals surface area contributed by atoms with E-state index in [4.69, 9.17) is 0 Å². The van der Waals surface area contributed by atoms with Crippen LogP contribution in [0, 0.1) is 11.8 Å². The molecule has 0 unspecified atom stereocenters. The van der Waals surface area contributed by atoms with Gasteiger partial charge in [-0.3, -0.25) is 14.5 Å². The van der Waals surface area contributed by atoms with E-state index >= 15 is 0 Å². The summed E-state index contributed by atoms with van der Waals surface area (Å²) in [4.78, 5) is 16.4. The zero-order chi connectivity index (χ0) is 17.2. The third-order valence-corrected chi connectivity index (χ3v) is 5.90. The lowest BCUT2D eigenvalue weighted by Gasteiger charge is -2.10. The van der Waals surface area contributed by atoms with Gasteiger partial charge in [-0.25, -0.2) is 8.42 Å². The predicted octanol–water partition coefficient (Wildman–Crippen LogP) is 2.53. The van der Waals surface area contributed by atoms with Gasteiger partial charge in [-0.15, -0.1) is 0 Å². The van der Waals surface area contributed by atoms with E-state index in [0.29, 0.717) is 30.4 Å². The Morgan fingerprint density at radius 2 is 1.88 bits per heavy atom. The lowest BCUT2D eigenvalue weighted by molar-refractivity contribution is -0.117. The maximum Gasteiger partial charge on any atom is 0.262 e. The quantitative estimate of drug-likeness (QED) is 0.875. The summed E-state index contributed by atoms with van der Waals surface area (Å²) in [6.45, 7) is 2.71. The number of anilines is 1. The minimum absolute atomic E-state index is 0.00374. The van der Waals surface area contributed by atoms with Gasteiger partial charge in [-0.05, 0) is 49.4 Å². The highest BCUT2D eigenvalue weighted by atomic mass is 32.2. The van der Waals surface area contributed by atoms with Gasteiger partial charge in [0, 0.05) is 24.6 Å². The van der Waals surface area contributed by atoms with Crippen LogP contribution in [0.3, 0.4) is 0 Å². The highest BCUT2D eigenvalue weighted by molar-refractivity contribution is 7.90. The summed E-state index contributed by atoms with van der Waals surface area (Å²) in [7, 11) is -3.63. The highest BCUT2D eigenvalue weighted by Gasteiger charge is 2.39. The summed E-state index contributed by atoms with van der Waals surface area (Å²) < 4.78 is 27.4. The molecular formula is C17H23N3O3S. The van der Waals surface area contributed by atoms with Crippen LogP contribution in [0.25, 0.3) is 0 Å². The number of hydrogen-bond acceptors (Lipinski definition) is 4. The molecule has 2 N–H and O–H groups in total. The van der Waals surface area contributed by atoms with Crippen LogP contribution in [0.2, 0.25) is 0 Å². The van der Waals surface area contributed by atoms with E-state index in [1.165, 1.54) is 12.1 Å². The zero-order valence-electron chi connectivity index (χ0n) is 13.8. The van der Waals surface area contributed by atoms with Gasteiger partial charge in [0.15, 0.2) is 0 Å². The Kier molecular flexibility index (Phi) is 4.89. The van der Waals surface area contributed by atoms with Crippen molar-refractivity contribution < 1.29 is 13.2 Å². The fourth-order valence-electron chi connectivity index (χ4n) is 2.81. The Hall–Kier alpha value is -1.89. The molecule has 6 nitrogen and oxygen atoms in total. The molecule has 0 bridgehead atoms. The van der Waals surface area contributed by atoms with Crippen molar-refractivity contribution >= 4 is 27.5 Å². The van der Waals surface area contributed by atoms with Crippen LogP contribution in [0.1, 0.15) is 39.0 Å². The van der Waals surface area contributed by atoms with Crippen LogP contribution in [0.15, 0.2) is 34.2 Å². The predicted molar refractivity (Wildman–Crippen MR) is 93.4 cm³/mol. The average molecular weight is 349 g/mol. The Morgan fingerprint density at radius 3 is 2.54 bits per heavy atom. The van der Waals surface area contributed by atoms with Crippen molar-refractivity contribution in [1.29, 1.82) is 0 Å². The second kappa shape index (κ2) is 6.93. The fourth-order valence-corrected chi connectivity index (χ4v) is 3.90. The van der Waals surface area contributed by atoms with E-state index in [1.54, 1.807) is 12.1 Å². The minimum atomic E-state index is -3.63. The topological polar surface area (TPSA) is 87.6 Å². The molecule has 2 atom stereocenters. The van der Waals surface area contributed by atoms with E-state index < -0.39 is 10.0 Å². The van der Waals surface area contributed by atoms with Crippen molar-refractivity contribution in [3.8, 4) is 0 Å².